The van der Waals surface area contributed by atoms with Crippen LogP contribution in [-0.2, 0) is 16.6 Å². The lowest BCUT2D eigenvalue weighted by atomic mass is 10.3. The van der Waals surface area contributed by atoms with Crippen LogP contribution in [-0.4, -0.2) is 42.0 Å². The molecule has 0 aliphatic heterocycles. The molecule has 112 valence electrons. The van der Waals surface area contributed by atoms with Crippen LogP contribution in [0.2, 0.25) is 0 Å². The van der Waals surface area contributed by atoms with Gasteiger partial charge in [0.05, 0.1) is 0 Å². The Kier molecular flexibility index (Phi) is 3.93. The number of aromatic nitrogens is 1. The minimum atomic E-state index is -3.61. The van der Waals surface area contributed by atoms with Crippen LogP contribution in [0.5, 0.6) is 0 Å². The SMILES string of the molecule is CCn1cc(S(=O)(=O)N(C)CC2CC2C)cc1C(=O)O. The number of carboxylic acid groups (broad SMARTS) is 1. The lowest BCUT2D eigenvalue weighted by Gasteiger charge is -2.15. The highest BCUT2D eigenvalue weighted by Crippen LogP contribution is 2.38. The van der Waals surface area contributed by atoms with Crippen LogP contribution in [0.4, 0.5) is 0 Å². The highest BCUT2D eigenvalue weighted by atomic mass is 32.2. The normalized spacial score (nSPS) is 22.2. The van der Waals surface area contributed by atoms with Crippen LogP contribution in [0.15, 0.2) is 17.2 Å². The number of hydrogen-bond donors (Lipinski definition) is 1. The number of nitrogens with zero attached hydrogens (tertiary/aromatic N) is 2. The van der Waals surface area contributed by atoms with E-state index in [-0.39, 0.29) is 10.6 Å². The summed E-state index contributed by atoms with van der Waals surface area (Å²) in [6.45, 7) is 4.78. The Morgan fingerprint density at radius 3 is 2.55 bits per heavy atom. The number of aryl methyl sites for hydroxylation is 1. The third-order valence-electron chi connectivity index (χ3n) is 3.91. The third kappa shape index (κ3) is 2.73. The van der Waals surface area contributed by atoms with Crippen LogP contribution < -0.4 is 0 Å². The lowest BCUT2D eigenvalue weighted by Crippen LogP contribution is -2.29. The first-order valence-corrected chi connectivity index (χ1v) is 8.11. The highest BCUT2D eigenvalue weighted by molar-refractivity contribution is 7.89. The molecular formula is C13H20N2O4S. The van der Waals surface area contributed by atoms with Crippen molar-refractivity contribution < 1.29 is 18.3 Å². The van der Waals surface area contributed by atoms with E-state index in [4.69, 9.17) is 5.11 Å². The van der Waals surface area contributed by atoms with Gasteiger partial charge in [-0.05, 0) is 31.2 Å². The predicted octanol–water partition coefficient (Wildman–Crippen LogP) is 1.48. The molecule has 1 saturated carbocycles. The summed E-state index contributed by atoms with van der Waals surface area (Å²) in [5.41, 5.74) is -0.000681. The standard InChI is InChI=1S/C13H20N2O4S/c1-4-15-8-11(6-12(15)13(16)17)20(18,19)14(3)7-10-5-9(10)2/h6,8-10H,4-5,7H2,1-3H3,(H,16,17). The summed E-state index contributed by atoms with van der Waals surface area (Å²) in [7, 11) is -2.07. The van der Waals surface area contributed by atoms with Crippen LogP contribution >= 0.6 is 0 Å². The zero-order valence-electron chi connectivity index (χ0n) is 11.9. The van der Waals surface area contributed by atoms with Gasteiger partial charge in [-0.15, -0.1) is 0 Å². The summed E-state index contributed by atoms with van der Waals surface area (Å²) in [6.07, 6.45) is 2.45. The van der Waals surface area contributed by atoms with Crippen molar-refractivity contribution in [2.24, 2.45) is 11.8 Å². The first-order valence-electron chi connectivity index (χ1n) is 6.67. The molecule has 1 N–H and O–H groups in total. The number of aromatic carboxylic acids is 1. The van der Waals surface area contributed by atoms with Gasteiger partial charge in [-0.2, -0.15) is 0 Å². The molecule has 0 aromatic carbocycles. The molecule has 2 rings (SSSR count). The Labute approximate surface area is 119 Å². The zero-order valence-corrected chi connectivity index (χ0v) is 12.7. The van der Waals surface area contributed by atoms with Gasteiger partial charge in [0.2, 0.25) is 10.0 Å². The van der Waals surface area contributed by atoms with E-state index < -0.39 is 16.0 Å². The molecule has 20 heavy (non-hydrogen) atoms. The smallest absolute Gasteiger partial charge is 0.352 e. The quantitative estimate of drug-likeness (QED) is 0.863. The van der Waals surface area contributed by atoms with Crippen molar-refractivity contribution in [3.05, 3.63) is 18.0 Å². The molecule has 0 bridgehead atoms. The van der Waals surface area contributed by atoms with Gasteiger partial charge in [-0.1, -0.05) is 6.92 Å². The van der Waals surface area contributed by atoms with Crippen molar-refractivity contribution in [2.45, 2.75) is 31.7 Å². The number of sulfonamides is 1. The second-order valence-corrected chi connectivity index (χ2v) is 7.46. The summed E-state index contributed by atoms with van der Waals surface area (Å²) in [5, 5.41) is 9.08. The van der Waals surface area contributed by atoms with Gasteiger partial charge in [0.15, 0.2) is 0 Å². The van der Waals surface area contributed by atoms with E-state index >= 15 is 0 Å². The van der Waals surface area contributed by atoms with E-state index in [1.165, 1.54) is 21.1 Å². The average Bonchev–Trinajstić information content (AvgIpc) is 2.92. The first kappa shape index (κ1) is 15.1. The molecule has 1 heterocycles. The minimum Gasteiger partial charge on any atom is -0.477 e. The van der Waals surface area contributed by atoms with E-state index in [1.807, 2.05) is 0 Å². The van der Waals surface area contributed by atoms with Crippen molar-refractivity contribution >= 4 is 16.0 Å². The van der Waals surface area contributed by atoms with E-state index in [0.29, 0.717) is 24.9 Å². The van der Waals surface area contributed by atoms with Crippen molar-refractivity contribution in [1.29, 1.82) is 0 Å². The molecule has 2 unspecified atom stereocenters. The van der Waals surface area contributed by atoms with Gasteiger partial charge in [0.1, 0.15) is 10.6 Å². The Morgan fingerprint density at radius 1 is 1.55 bits per heavy atom. The molecule has 1 fully saturated rings. The summed E-state index contributed by atoms with van der Waals surface area (Å²) >= 11 is 0. The number of carboxylic acids is 1. The molecule has 1 aliphatic rings. The molecular weight excluding hydrogens is 280 g/mol. The molecule has 1 aliphatic carbocycles. The minimum absolute atomic E-state index is 0.000681. The fourth-order valence-electron chi connectivity index (χ4n) is 2.33. The van der Waals surface area contributed by atoms with Crippen LogP contribution in [0.1, 0.15) is 30.8 Å². The van der Waals surface area contributed by atoms with Crippen LogP contribution in [0.3, 0.4) is 0 Å². The third-order valence-corrected chi connectivity index (χ3v) is 5.70. The van der Waals surface area contributed by atoms with Crippen molar-refractivity contribution in [1.82, 2.24) is 8.87 Å². The van der Waals surface area contributed by atoms with Gasteiger partial charge in [0.25, 0.3) is 0 Å². The topological polar surface area (TPSA) is 79.6 Å². The average molecular weight is 300 g/mol. The summed E-state index contributed by atoms with van der Waals surface area (Å²) in [5.74, 6) is -0.129. The van der Waals surface area contributed by atoms with Gasteiger partial charge >= 0.3 is 5.97 Å². The van der Waals surface area contributed by atoms with Crippen LogP contribution in [0, 0.1) is 11.8 Å². The summed E-state index contributed by atoms with van der Waals surface area (Å²) < 4.78 is 27.6. The van der Waals surface area contributed by atoms with Gasteiger partial charge < -0.3 is 9.67 Å². The van der Waals surface area contributed by atoms with Crippen molar-refractivity contribution in [2.75, 3.05) is 13.6 Å². The Balaban J connectivity index is 2.26. The monoisotopic (exact) mass is 300 g/mol. The first-order chi connectivity index (χ1) is 9.27. The molecule has 0 radical (unpaired) electrons. The Hall–Kier alpha value is -1.34. The second kappa shape index (κ2) is 5.21. The van der Waals surface area contributed by atoms with Gasteiger partial charge in [-0.25, -0.2) is 17.5 Å². The summed E-state index contributed by atoms with van der Waals surface area (Å²) in [4.78, 5) is 11.1. The largest absolute Gasteiger partial charge is 0.477 e. The Morgan fingerprint density at radius 2 is 2.15 bits per heavy atom. The van der Waals surface area contributed by atoms with Gasteiger partial charge in [0, 0.05) is 26.3 Å². The molecule has 0 amide bonds. The lowest BCUT2D eigenvalue weighted by molar-refractivity contribution is 0.0685. The molecule has 0 saturated heterocycles. The van der Waals surface area contributed by atoms with E-state index in [0.717, 1.165) is 6.42 Å². The molecule has 0 spiro atoms. The highest BCUT2D eigenvalue weighted by Gasteiger charge is 2.36. The van der Waals surface area contributed by atoms with Crippen molar-refractivity contribution in [3.8, 4) is 0 Å². The molecule has 1 aromatic rings. The predicted molar refractivity (Wildman–Crippen MR) is 74.2 cm³/mol. The number of carbonyl (C=O) groups is 1. The maximum atomic E-state index is 12.4. The van der Waals surface area contributed by atoms with Gasteiger partial charge in [-0.3, -0.25) is 0 Å². The number of rotatable bonds is 6. The Bertz CT molecular complexity index is 620. The molecule has 6 nitrogen and oxygen atoms in total. The van der Waals surface area contributed by atoms with Crippen molar-refractivity contribution in [3.63, 3.8) is 0 Å². The maximum Gasteiger partial charge on any atom is 0.352 e. The zero-order chi connectivity index (χ0) is 15.1. The fourth-order valence-corrected chi connectivity index (χ4v) is 3.60. The maximum absolute atomic E-state index is 12.4. The number of hydrogen-bond acceptors (Lipinski definition) is 3. The molecule has 2 atom stereocenters. The summed E-state index contributed by atoms with van der Waals surface area (Å²) in [6, 6.07) is 1.23. The van der Waals surface area contributed by atoms with E-state index in [2.05, 4.69) is 6.92 Å². The van der Waals surface area contributed by atoms with E-state index in [1.54, 1.807) is 14.0 Å². The fraction of sp³-hybridized carbons (Fsp3) is 0.615. The van der Waals surface area contributed by atoms with E-state index in [9.17, 15) is 13.2 Å². The molecule has 1 aromatic heterocycles. The van der Waals surface area contributed by atoms with Crippen LogP contribution in [0.25, 0.3) is 0 Å². The molecule has 7 heteroatoms. The second-order valence-electron chi connectivity index (χ2n) is 5.41.